The van der Waals surface area contributed by atoms with Gasteiger partial charge in [-0.25, -0.2) is 0 Å². The molecule has 92 valence electrons. The van der Waals surface area contributed by atoms with Crippen molar-refractivity contribution in [2.24, 2.45) is 5.92 Å². The van der Waals surface area contributed by atoms with Crippen LogP contribution < -0.4 is 5.32 Å². The fraction of sp³-hybridized carbons (Fsp3) is 0.500. The van der Waals surface area contributed by atoms with Crippen molar-refractivity contribution in [1.29, 1.82) is 0 Å². The molecule has 17 heavy (non-hydrogen) atoms. The number of nitro groups is 1. The molecule has 1 fully saturated rings. The van der Waals surface area contributed by atoms with E-state index in [1.165, 1.54) is 17.9 Å². The van der Waals surface area contributed by atoms with E-state index in [-0.39, 0.29) is 10.6 Å². The first-order valence-corrected chi connectivity index (χ1v) is 6.88. The van der Waals surface area contributed by atoms with Crippen LogP contribution in [0.25, 0.3) is 0 Å². The Kier molecular flexibility index (Phi) is 3.89. The minimum atomic E-state index is -0.344. The van der Waals surface area contributed by atoms with Crippen molar-refractivity contribution in [3.8, 4) is 0 Å². The van der Waals surface area contributed by atoms with Gasteiger partial charge in [0.25, 0.3) is 5.69 Å². The van der Waals surface area contributed by atoms with Crippen LogP contribution in [0.3, 0.4) is 0 Å². The molecular weight excluding hydrogens is 236 g/mol. The summed E-state index contributed by atoms with van der Waals surface area (Å²) in [6, 6.07) is 5.15. The first kappa shape index (κ1) is 12.2. The van der Waals surface area contributed by atoms with Crippen molar-refractivity contribution in [2.45, 2.75) is 13.3 Å². The largest absolute Gasteiger partial charge is 0.385 e. The number of non-ortho nitro benzene ring substituents is 1. The number of nitrogens with zero attached hydrogens (tertiary/aromatic N) is 1. The van der Waals surface area contributed by atoms with Gasteiger partial charge in [-0.3, -0.25) is 10.1 Å². The molecule has 5 heteroatoms. The third-order valence-corrected chi connectivity index (χ3v) is 4.12. The first-order chi connectivity index (χ1) is 8.15. The number of benzene rings is 1. The summed E-state index contributed by atoms with van der Waals surface area (Å²) in [6.07, 6.45) is 1.24. The molecule has 0 saturated carbocycles. The third kappa shape index (κ3) is 3.36. The Morgan fingerprint density at radius 2 is 2.35 bits per heavy atom. The lowest BCUT2D eigenvalue weighted by Crippen LogP contribution is -2.13. The summed E-state index contributed by atoms with van der Waals surface area (Å²) in [5.41, 5.74) is 1.93. The second kappa shape index (κ2) is 5.40. The normalized spacial score (nSPS) is 19.2. The van der Waals surface area contributed by atoms with Gasteiger partial charge in [-0.1, -0.05) is 0 Å². The maximum atomic E-state index is 10.7. The van der Waals surface area contributed by atoms with Gasteiger partial charge in [0.2, 0.25) is 0 Å². The molecule has 0 spiro atoms. The average molecular weight is 252 g/mol. The molecule has 0 radical (unpaired) electrons. The fourth-order valence-electron chi connectivity index (χ4n) is 1.98. The van der Waals surface area contributed by atoms with Crippen molar-refractivity contribution >= 4 is 23.1 Å². The van der Waals surface area contributed by atoms with E-state index >= 15 is 0 Å². The summed E-state index contributed by atoms with van der Waals surface area (Å²) in [5, 5.41) is 14.0. The molecular formula is C12H16N2O2S. The number of aryl methyl sites for hydroxylation is 1. The molecule has 1 unspecified atom stereocenters. The zero-order valence-electron chi connectivity index (χ0n) is 9.81. The zero-order chi connectivity index (χ0) is 12.3. The number of hydrogen-bond donors (Lipinski definition) is 1. The van der Waals surface area contributed by atoms with Crippen LogP contribution in [0.5, 0.6) is 0 Å². The summed E-state index contributed by atoms with van der Waals surface area (Å²) in [5.74, 6) is 3.13. The van der Waals surface area contributed by atoms with Crippen molar-refractivity contribution < 1.29 is 4.92 Å². The molecule has 0 amide bonds. The topological polar surface area (TPSA) is 55.2 Å². The molecule has 1 heterocycles. The molecule has 1 aliphatic rings. The number of thioether (sulfide) groups is 1. The van der Waals surface area contributed by atoms with Crippen molar-refractivity contribution in [3.05, 3.63) is 33.9 Å². The van der Waals surface area contributed by atoms with Crippen LogP contribution in [0.15, 0.2) is 18.2 Å². The molecule has 1 atom stereocenters. The van der Waals surface area contributed by atoms with Crippen LogP contribution in [0.2, 0.25) is 0 Å². The third-order valence-electron chi connectivity index (χ3n) is 2.89. The standard InChI is InChI=1S/C12H16N2O2S/c1-9-4-11(6-12(5-9)14(15)16)13-7-10-2-3-17-8-10/h4-6,10,13H,2-3,7-8H2,1H3. The highest BCUT2D eigenvalue weighted by molar-refractivity contribution is 7.99. The SMILES string of the molecule is Cc1cc(NCC2CCSC2)cc([N+](=O)[O-])c1. The molecule has 1 aliphatic heterocycles. The number of hydrogen-bond acceptors (Lipinski definition) is 4. The van der Waals surface area contributed by atoms with Gasteiger partial charge < -0.3 is 5.32 Å². The molecule has 2 rings (SSSR count). The summed E-state index contributed by atoms with van der Waals surface area (Å²) in [7, 11) is 0. The quantitative estimate of drug-likeness (QED) is 0.661. The van der Waals surface area contributed by atoms with Crippen LogP contribution >= 0.6 is 11.8 Å². The Morgan fingerprint density at radius 3 is 3.00 bits per heavy atom. The highest BCUT2D eigenvalue weighted by atomic mass is 32.2. The molecule has 1 aromatic carbocycles. The van der Waals surface area contributed by atoms with E-state index in [0.29, 0.717) is 5.92 Å². The Balaban J connectivity index is 2.01. The zero-order valence-corrected chi connectivity index (χ0v) is 10.6. The van der Waals surface area contributed by atoms with E-state index in [4.69, 9.17) is 0 Å². The Morgan fingerprint density at radius 1 is 1.53 bits per heavy atom. The number of rotatable bonds is 4. The Labute approximate surface area is 105 Å². The predicted molar refractivity (Wildman–Crippen MR) is 71.8 cm³/mol. The summed E-state index contributed by atoms with van der Waals surface area (Å²) in [4.78, 5) is 10.4. The van der Waals surface area contributed by atoms with Gasteiger partial charge in [0.1, 0.15) is 0 Å². The van der Waals surface area contributed by atoms with Gasteiger partial charge in [0.05, 0.1) is 4.92 Å². The molecule has 0 aromatic heterocycles. The van der Waals surface area contributed by atoms with E-state index in [1.807, 2.05) is 24.8 Å². The molecule has 1 aromatic rings. The molecule has 1 N–H and O–H groups in total. The predicted octanol–water partition coefficient (Wildman–Crippen LogP) is 3.07. The van der Waals surface area contributed by atoms with Gasteiger partial charge in [-0.05, 0) is 42.4 Å². The van der Waals surface area contributed by atoms with Gasteiger partial charge in [0, 0.05) is 24.4 Å². The minimum Gasteiger partial charge on any atom is -0.385 e. The first-order valence-electron chi connectivity index (χ1n) is 5.73. The lowest BCUT2D eigenvalue weighted by Gasteiger charge is -2.11. The highest BCUT2D eigenvalue weighted by Crippen LogP contribution is 2.25. The Hall–Kier alpha value is -1.23. The Bertz CT molecular complexity index is 417. The summed E-state index contributed by atoms with van der Waals surface area (Å²) in [6.45, 7) is 2.79. The van der Waals surface area contributed by atoms with Crippen LogP contribution in [0.4, 0.5) is 11.4 Å². The maximum Gasteiger partial charge on any atom is 0.271 e. The smallest absolute Gasteiger partial charge is 0.271 e. The van der Waals surface area contributed by atoms with E-state index in [0.717, 1.165) is 17.8 Å². The second-order valence-corrected chi connectivity index (χ2v) is 5.57. The monoisotopic (exact) mass is 252 g/mol. The van der Waals surface area contributed by atoms with Gasteiger partial charge >= 0.3 is 0 Å². The van der Waals surface area contributed by atoms with E-state index in [1.54, 1.807) is 12.1 Å². The second-order valence-electron chi connectivity index (χ2n) is 4.42. The van der Waals surface area contributed by atoms with Gasteiger partial charge in [-0.2, -0.15) is 11.8 Å². The summed E-state index contributed by atoms with van der Waals surface area (Å²) < 4.78 is 0. The number of nitrogens with one attached hydrogen (secondary N) is 1. The lowest BCUT2D eigenvalue weighted by atomic mass is 10.1. The molecule has 1 saturated heterocycles. The fourth-order valence-corrected chi connectivity index (χ4v) is 3.26. The minimum absolute atomic E-state index is 0.160. The number of nitro benzene ring substituents is 1. The van der Waals surface area contributed by atoms with Gasteiger partial charge in [0.15, 0.2) is 0 Å². The van der Waals surface area contributed by atoms with E-state index < -0.39 is 0 Å². The lowest BCUT2D eigenvalue weighted by molar-refractivity contribution is -0.384. The molecule has 0 aliphatic carbocycles. The van der Waals surface area contributed by atoms with Crippen LogP contribution in [-0.2, 0) is 0 Å². The van der Waals surface area contributed by atoms with Crippen LogP contribution in [0.1, 0.15) is 12.0 Å². The van der Waals surface area contributed by atoms with Crippen LogP contribution in [-0.4, -0.2) is 23.0 Å². The van der Waals surface area contributed by atoms with Crippen molar-refractivity contribution in [3.63, 3.8) is 0 Å². The van der Waals surface area contributed by atoms with Crippen LogP contribution in [0, 0.1) is 23.0 Å². The van der Waals surface area contributed by atoms with E-state index in [9.17, 15) is 10.1 Å². The summed E-state index contributed by atoms with van der Waals surface area (Å²) >= 11 is 1.98. The van der Waals surface area contributed by atoms with Crippen molar-refractivity contribution in [1.82, 2.24) is 0 Å². The van der Waals surface area contributed by atoms with Crippen molar-refractivity contribution in [2.75, 3.05) is 23.4 Å². The number of anilines is 1. The maximum absolute atomic E-state index is 10.7. The highest BCUT2D eigenvalue weighted by Gasteiger charge is 2.15. The molecule has 4 nitrogen and oxygen atoms in total. The molecule has 0 bridgehead atoms. The van der Waals surface area contributed by atoms with Gasteiger partial charge in [-0.15, -0.1) is 0 Å². The van der Waals surface area contributed by atoms with E-state index in [2.05, 4.69) is 5.32 Å². The average Bonchev–Trinajstić information content (AvgIpc) is 2.78.